The molecule has 0 aromatic carbocycles. The van der Waals surface area contributed by atoms with Gasteiger partial charge in [0.05, 0.1) is 6.10 Å². The fraction of sp³-hybridized carbons (Fsp3) is 0.750. The fourth-order valence-corrected chi connectivity index (χ4v) is 9.67. The zero-order valence-electron chi connectivity index (χ0n) is 24.1. The topological polar surface area (TPSA) is 89.6 Å². The molecule has 37 heavy (non-hydrogen) atoms. The zero-order chi connectivity index (χ0) is 27.3. The van der Waals surface area contributed by atoms with Gasteiger partial charge in [-0.1, -0.05) is 44.6 Å². The SMILES string of the molecule is CC(=O)O[C@H]1C[C@@]2(C)[C@@H](CC[C@H]3[C@@]4(C)CC[C@@H](O)[C@@H](CN)[C@@H]4CC[C@@]32C)/C1=C(\C=C/C=C(C)C)C(C)=O. The van der Waals surface area contributed by atoms with Crippen LogP contribution < -0.4 is 5.73 Å². The van der Waals surface area contributed by atoms with E-state index in [2.05, 4.69) is 20.8 Å². The average molecular weight is 512 g/mol. The van der Waals surface area contributed by atoms with Gasteiger partial charge in [0.15, 0.2) is 5.78 Å². The number of ketones is 1. The third kappa shape index (κ3) is 4.48. The van der Waals surface area contributed by atoms with Crippen LogP contribution in [-0.4, -0.2) is 35.6 Å². The third-order valence-electron chi connectivity index (χ3n) is 11.5. The first-order valence-electron chi connectivity index (χ1n) is 14.4. The Morgan fingerprint density at radius 2 is 1.73 bits per heavy atom. The van der Waals surface area contributed by atoms with E-state index in [1.807, 2.05) is 32.1 Å². The van der Waals surface area contributed by atoms with Crippen LogP contribution in [0, 0.1) is 39.9 Å². The van der Waals surface area contributed by atoms with Crippen molar-refractivity contribution in [1.29, 1.82) is 0 Å². The van der Waals surface area contributed by atoms with Crippen molar-refractivity contribution in [2.24, 2.45) is 45.7 Å². The molecule has 0 amide bonds. The predicted molar refractivity (Wildman–Crippen MR) is 147 cm³/mol. The molecule has 9 atom stereocenters. The van der Waals surface area contributed by atoms with Crippen LogP contribution in [0.2, 0.25) is 0 Å². The molecule has 0 aliphatic heterocycles. The molecule has 4 aliphatic rings. The molecule has 3 N–H and O–H groups in total. The van der Waals surface area contributed by atoms with E-state index in [4.69, 9.17) is 10.5 Å². The highest BCUT2D eigenvalue weighted by molar-refractivity contribution is 5.97. The second kappa shape index (κ2) is 10.1. The summed E-state index contributed by atoms with van der Waals surface area (Å²) >= 11 is 0. The Morgan fingerprint density at radius 1 is 1.03 bits per heavy atom. The van der Waals surface area contributed by atoms with E-state index < -0.39 is 0 Å². The Labute approximate surface area is 224 Å². The third-order valence-corrected chi connectivity index (χ3v) is 11.5. The Kier molecular flexibility index (Phi) is 7.73. The van der Waals surface area contributed by atoms with Crippen LogP contribution in [0.1, 0.15) is 93.4 Å². The van der Waals surface area contributed by atoms with E-state index in [0.29, 0.717) is 24.0 Å². The Bertz CT molecular complexity index is 1020. The van der Waals surface area contributed by atoms with Crippen LogP contribution in [0.5, 0.6) is 0 Å². The van der Waals surface area contributed by atoms with Crippen molar-refractivity contribution in [3.63, 3.8) is 0 Å². The van der Waals surface area contributed by atoms with Gasteiger partial charge in [0.25, 0.3) is 0 Å². The molecule has 0 radical (unpaired) electrons. The molecule has 206 valence electrons. The molecule has 0 aromatic heterocycles. The summed E-state index contributed by atoms with van der Waals surface area (Å²) in [4.78, 5) is 25.3. The molecule has 0 spiro atoms. The van der Waals surface area contributed by atoms with E-state index >= 15 is 0 Å². The lowest BCUT2D eigenvalue weighted by atomic mass is 9.37. The van der Waals surface area contributed by atoms with Gasteiger partial charge in [-0.15, -0.1) is 0 Å². The summed E-state index contributed by atoms with van der Waals surface area (Å²) in [6.07, 6.45) is 12.1. The van der Waals surface area contributed by atoms with E-state index in [-0.39, 0.29) is 52.0 Å². The number of aliphatic hydroxyl groups is 1. The largest absolute Gasteiger partial charge is 0.458 e. The standard InChI is InChI=1S/C32H49NO4/c1-19(2)9-8-10-22(20(3)34)29-25-11-12-28-30(5)15-14-26(36)23(18-33)24(30)13-16-31(28,6)32(25,7)17-27(29)37-21(4)35/h8-10,23-28,36H,11-18,33H2,1-7H3/b10-8-,29-22-/t23-,24-,25-,26+,27-,28-,30-,31-,32-/m0/s1. The van der Waals surface area contributed by atoms with Crippen molar-refractivity contribution in [1.82, 2.24) is 0 Å². The smallest absolute Gasteiger partial charge is 0.303 e. The number of esters is 1. The van der Waals surface area contributed by atoms with Gasteiger partial charge in [-0.05, 0) is 112 Å². The van der Waals surface area contributed by atoms with Crippen molar-refractivity contribution in [3.8, 4) is 0 Å². The lowest BCUT2D eigenvalue weighted by molar-refractivity contribution is -0.199. The first-order valence-corrected chi connectivity index (χ1v) is 14.4. The van der Waals surface area contributed by atoms with Crippen molar-refractivity contribution in [2.75, 3.05) is 6.54 Å². The van der Waals surface area contributed by atoms with E-state index in [0.717, 1.165) is 50.5 Å². The lowest BCUT2D eigenvalue weighted by Gasteiger charge is -2.68. The average Bonchev–Trinajstić information content (AvgIpc) is 3.08. The highest BCUT2D eigenvalue weighted by Gasteiger charge is 2.68. The number of carbonyl (C=O) groups is 2. The molecule has 0 unspecified atom stereocenters. The predicted octanol–water partition coefficient (Wildman–Crippen LogP) is 5.91. The van der Waals surface area contributed by atoms with Gasteiger partial charge in [-0.3, -0.25) is 9.59 Å². The molecule has 0 heterocycles. The maximum atomic E-state index is 13.0. The van der Waals surface area contributed by atoms with Crippen molar-refractivity contribution >= 4 is 11.8 Å². The van der Waals surface area contributed by atoms with Crippen LogP contribution in [0.15, 0.2) is 34.9 Å². The van der Waals surface area contributed by atoms with Gasteiger partial charge in [0.2, 0.25) is 0 Å². The normalized spacial score (nSPS) is 44.5. The molecule has 0 saturated heterocycles. The minimum atomic E-state index is -0.367. The quantitative estimate of drug-likeness (QED) is 0.272. The summed E-state index contributed by atoms with van der Waals surface area (Å²) in [5, 5.41) is 10.8. The number of rotatable bonds is 5. The summed E-state index contributed by atoms with van der Waals surface area (Å²) in [5.41, 5.74) is 9.24. The summed E-state index contributed by atoms with van der Waals surface area (Å²) in [6, 6.07) is 0. The fourth-order valence-electron chi connectivity index (χ4n) is 9.67. The van der Waals surface area contributed by atoms with Gasteiger partial charge < -0.3 is 15.6 Å². The second-order valence-corrected chi connectivity index (χ2v) is 13.5. The first kappa shape index (κ1) is 28.3. The van der Waals surface area contributed by atoms with Crippen LogP contribution in [0.4, 0.5) is 0 Å². The number of aliphatic hydroxyl groups excluding tert-OH is 1. The number of carbonyl (C=O) groups excluding carboxylic acids is 2. The molecule has 4 rings (SSSR count). The molecule has 0 bridgehead atoms. The molecule has 4 saturated carbocycles. The number of fused-ring (bicyclic) bond motifs is 5. The van der Waals surface area contributed by atoms with Crippen molar-refractivity contribution < 1.29 is 19.4 Å². The number of allylic oxidation sites excluding steroid dienone is 5. The van der Waals surface area contributed by atoms with Crippen molar-refractivity contribution in [3.05, 3.63) is 34.9 Å². The minimum Gasteiger partial charge on any atom is -0.458 e. The number of Topliss-reactive ketones (excluding diaryl/α,β-unsaturated/α-hetero) is 1. The van der Waals surface area contributed by atoms with Gasteiger partial charge in [0.1, 0.15) is 6.10 Å². The lowest BCUT2D eigenvalue weighted by Crippen LogP contribution is -2.62. The van der Waals surface area contributed by atoms with Gasteiger partial charge in [-0.25, -0.2) is 0 Å². The maximum Gasteiger partial charge on any atom is 0.303 e. The van der Waals surface area contributed by atoms with Gasteiger partial charge >= 0.3 is 5.97 Å². The van der Waals surface area contributed by atoms with Crippen LogP contribution in [-0.2, 0) is 14.3 Å². The minimum absolute atomic E-state index is 0.0322. The van der Waals surface area contributed by atoms with Crippen molar-refractivity contribution in [2.45, 2.75) is 106 Å². The van der Waals surface area contributed by atoms with E-state index in [9.17, 15) is 14.7 Å². The highest BCUT2D eigenvalue weighted by Crippen LogP contribution is 2.74. The molecule has 5 heteroatoms. The van der Waals surface area contributed by atoms with Gasteiger partial charge in [-0.2, -0.15) is 0 Å². The summed E-state index contributed by atoms with van der Waals surface area (Å²) in [5.74, 6) is 1.08. The maximum absolute atomic E-state index is 13.0. The highest BCUT2D eigenvalue weighted by atomic mass is 16.5. The Morgan fingerprint density at radius 3 is 2.32 bits per heavy atom. The molecular weight excluding hydrogens is 462 g/mol. The summed E-state index contributed by atoms with van der Waals surface area (Å²) in [7, 11) is 0. The van der Waals surface area contributed by atoms with Crippen LogP contribution in [0.3, 0.4) is 0 Å². The number of nitrogens with two attached hydrogens (primary N) is 1. The summed E-state index contributed by atoms with van der Waals surface area (Å²) < 4.78 is 6.00. The molecule has 4 fully saturated rings. The Hall–Kier alpha value is -1.72. The van der Waals surface area contributed by atoms with Gasteiger partial charge in [0, 0.05) is 18.4 Å². The molecule has 0 aromatic rings. The monoisotopic (exact) mass is 511 g/mol. The number of hydrogen-bond acceptors (Lipinski definition) is 5. The molecular formula is C32H49NO4. The number of ether oxygens (including phenoxy) is 1. The second-order valence-electron chi connectivity index (χ2n) is 13.5. The van der Waals surface area contributed by atoms with E-state index in [1.165, 1.54) is 12.5 Å². The number of hydrogen-bond donors (Lipinski definition) is 2. The van der Waals surface area contributed by atoms with E-state index in [1.54, 1.807) is 6.92 Å². The zero-order valence-corrected chi connectivity index (χ0v) is 24.1. The molecule has 4 aliphatic carbocycles. The van der Waals surface area contributed by atoms with Crippen LogP contribution >= 0.6 is 0 Å². The molecule has 5 nitrogen and oxygen atoms in total. The first-order chi connectivity index (χ1) is 17.3. The summed E-state index contributed by atoms with van der Waals surface area (Å²) in [6.45, 7) is 15.1. The van der Waals surface area contributed by atoms with Crippen LogP contribution in [0.25, 0.3) is 0 Å². The Balaban J connectivity index is 1.81.